The molecule has 0 unspecified atom stereocenters. The summed E-state index contributed by atoms with van der Waals surface area (Å²) in [5, 5.41) is 4.25. The van der Waals surface area contributed by atoms with Gasteiger partial charge in [0.05, 0.1) is 6.61 Å². The first-order chi connectivity index (χ1) is 4.93. The third-order valence-electron chi connectivity index (χ3n) is 1.76. The van der Waals surface area contributed by atoms with E-state index in [-0.39, 0.29) is 51.4 Å². The summed E-state index contributed by atoms with van der Waals surface area (Å²) in [6, 6.07) is 0. The molecule has 0 aromatic carbocycles. The molecule has 3 nitrogen and oxygen atoms in total. The van der Waals surface area contributed by atoms with Crippen molar-refractivity contribution in [3.8, 4) is 0 Å². The number of hydrogen-bond acceptors (Lipinski definition) is 2. The second-order valence-corrected chi connectivity index (χ2v) is 2.51. The summed E-state index contributed by atoms with van der Waals surface area (Å²) in [4.78, 5) is 2.39. The Hall–Kier alpha value is 1.52. The minimum Gasteiger partial charge on any atom is -0.660 e. The molecule has 1 fully saturated rings. The number of piperazine rings is 1. The molecule has 0 spiro atoms. The van der Waals surface area contributed by atoms with Crippen molar-refractivity contribution in [3.05, 3.63) is 5.32 Å². The molecule has 0 aromatic heterocycles. The van der Waals surface area contributed by atoms with E-state index in [0.717, 1.165) is 39.3 Å². The molecule has 0 amide bonds. The third-order valence-corrected chi connectivity index (χ3v) is 1.76. The summed E-state index contributed by atoms with van der Waals surface area (Å²) < 4.78 is 4.97. The van der Waals surface area contributed by atoms with Gasteiger partial charge in [-0.25, -0.2) is 0 Å². The molecule has 0 aliphatic carbocycles. The fraction of sp³-hybridized carbons (Fsp3) is 1.00. The predicted octanol–water partition coefficient (Wildman–Crippen LogP) is -2.67. The Balaban J connectivity index is 0.000001000. The normalized spacial score (nSPS) is 19.4. The predicted molar refractivity (Wildman–Crippen MR) is 41.4 cm³/mol. The Morgan fingerprint density at radius 3 is 2.55 bits per heavy atom. The molecular weight excluding hydrogens is 167 g/mol. The van der Waals surface area contributed by atoms with Crippen LogP contribution in [0.2, 0.25) is 0 Å². The molecule has 1 heterocycles. The molecule has 0 N–H and O–H groups in total. The van der Waals surface area contributed by atoms with Crippen molar-refractivity contribution in [1.29, 1.82) is 0 Å². The molecule has 1 aliphatic rings. The molecule has 0 aromatic rings. The number of methoxy groups -OCH3 is 1. The Labute approximate surface area is 111 Å². The van der Waals surface area contributed by atoms with E-state index in [1.165, 1.54) is 0 Å². The average molecular weight is 182 g/mol. The van der Waals surface area contributed by atoms with Gasteiger partial charge in [-0.05, 0) is 13.1 Å². The van der Waals surface area contributed by atoms with Crippen LogP contribution >= 0.6 is 0 Å². The molecule has 4 heteroatoms. The molecule has 1 saturated heterocycles. The SMILES string of the molecule is COCCN1CC[N-]CC1.[K+]. The maximum atomic E-state index is 4.97. The largest absolute Gasteiger partial charge is 1.00 e. The average Bonchev–Trinajstić information content (AvgIpc) is 2.03. The summed E-state index contributed by atoms with van der Waals surface area (Å²) >= 11 is 0. The standard InChI is InChI=1S/C7H15N2O.K/c1-10-7-6-9-4-2-8-3-5-9;/h2-7H2,1H3;/q-1;+1. The third kappa shape index (κ3) is 5.71. The Morgan fingerprint density at radius 2 is 2.00 bits per heavy atom. The smallest absolute Gasteiger partial charge is 0.660 e. The van der Waals surface area contributed by atoms with E-state index >= 15 is 0 Å². The monoisotopic (exact) mass is 182 g/mol. The van der Waals surface area contributed by atoms with Crippen molar-refractivity contribution >= 4 is 0 Å². The van der Waals surface area contributed by atoms with Gasteiger partial charge in [0, 0.05) is 13.7 Å². The van der Waals surface area contributed by atoms with Gasteiger partial charge in [-0.15, -0.1) is 13.1 Å². The van der Waals surface area contributed by atoms with Gasteiger partial charge in [0.15, 0.2) is 0 Å². The zero-order valence-electron chi connectivity index (χ0n) is 7.55. The van der Waals surface area contributed by atoms with Gasteiger partial charge in [0.25, 0.3) is 0 Å². The summed E-state index contributed by atoms with van der Waals surface area (Å²) in [6.45, 7) is 6.15. The van der Waals surface area contributed by atoms with Crippen LogP contribution in [0.25, 0.3) is 5.32 Å². The summed E-state index contributed by atoms with van der Waals surface area (Å²) in [7, 11) is 1.74. The molecule has 0 radical (unpaired) electrons. The Morgan fingerprint density at radius 1 is 1.36 bits per heavy atom. The van der Waals surface area contributed by atoms with E-state index in [2.05, 4.69) is 10.2 Å². The fourth-order valence-electron chi connectivity index (χ4n) is 1.09. The van der Waals surface area contributed by atoms with Crippen LogP contribution in [0, 0.1) is 0 Å². The van der Waals surface area contributed by atoms with Crippen molar-refractivity contribution in [1.82, 2.24) is 4.90 Å². The van der Waals surface area contributed by atoms with Crippen molar-refractivity contribution in [3.63, 3.8) is 0 Å². The van der Waals surface area contributed by atoms with E-state index in [9.17, 15) is 0 Å². The maximum absolute atomic E-state index is 4.97. The van der Waals surface area contributed by atoms with Crippen LogP contribution in [0.1, 0.15) is 0 Å². The summed E-state index contributed by atoms with van der Waals surface area (Å²) in [5.74, 6) is 0. The van der Waals surface area contributed by atoms with Crippen LogP contribution in [-0.4, -0.2) is 51.3 Å². The van der Waals surface area contributed by atoms with Crippen LogP contribution in [-0.2, 0) is 4.74 Å². The minimum absolute atomic E-state index is 0. The van der Waals surface area contributed by atoms with Crippen LogP contribution in [0.4, 0.5) is 0 Å². The van der Waals surface area contributed by atoms with Crippen molar-refractivity contribution in [2.75, 3.05) is 46.4 Å². The van der Waals surface area contributed by atoms with Gasteiger partial charge < -0.3 is 15.0 Å². The Bertz CT molecular complexity index is 86.5. The van der Waals surface area contributed by atoms with Gasteiger partial charge in [0.1, 0.15) is 0 Å². The first-order valence-electron chi connectivity index (χ1n) is 3.78. The quantitative estimate of drug-likeness (QED) is 0.445. The van der Waals surface area contributed by atoms with Gasteiger partial charge in [-0.2, -0.15) is 0 Å². The molecule has 1 rings (SSSR count). The minimum atomic E-state index is 0. The first-order valence-corrected chi connectivity index (χ1v) is 3.78. The van der Waals surface area contributed by atoms with Crippen molar-refractivity contribution in [2.24, 2.45) is 0 Å². The molecule has 11 heavy (non-hydrogen) atoms. The molecule has 0 bridgehead atoms. The zero-order chi connectivity index (χ0) is 7.23. The molecule has 0 atom stereocenters. The number of hydrogen-bond donors (Lipinski definition) is 0. The van der Waals surface area contributed by atoms with E-state index in [1.54, 1.807) is 7.11 Å². The van der Waals surface area contributed by atoms with E-state index in [0.29, 0.717) is 0 Å². The Kier molecular flexibility index (Phi) is 9.25. The molecule has 1 aliphatic heterocycles. The van der Waals surface area contributed by atoms with E-state index < -0.39 is 0 Å². The second-order valence-electron chi connectivity index (χ2n) is 2.51. The van der Waals surface area contributed by atoms with Crippen LogP contribution in [0.15, 0.2) is 0 Å². The molecule has 60 valence electrons. The van der Waals surface area contributed by atoms with Gasteiger partial charge in [0.2, 0.25) is 0 Å². The van der Waals surface area contributed by atoms with Gasteiger partial charge in [-0.3, -0.25) is 0 Å². The first kappa shape index (κ1) is 12.5. The van der Waals surface area contributed by atoms with Crippen molar-refractivity contribution in [2.45, 2.75) is 0 Å². The van der Waals surface area contributed by atoms with E-state index in [4.69, 9.17) is 4.74 Å². The van der Waals surface area contributed by atoms with Crippen LogP contribution in [0.5, 0.6) is 0 Å². The fourth-order valence-corrected chi connectivity index (χ4v) is 1.09. The molecular formula is C7H15KN2O. The van der Waals surface area contributed by atoms with Crippen LogP contribution < -0.4 is 51.4 Å². The number of rotatable bonds is 3. The molecule has 0 saturated carbocycles. The maximum Gasteiger partial charge on any atom is 1.00 e. The van der Waals surface area contributed by atoms with E-state index in [1.807, 2.05) is 0 Å². The summed E-state index contributed by atoms with van der Waals surface area (Å²) in [6.07, 6.45) is 0. The zero-order valence-corrected chi connectivity index (χ0v) is 10.7. The van der Waals surface area contributed by atoms with Crippen LogP contribution in [0.3, 0.4) is 0 Å². The second kappa shape index (κ2) is 8.13. The van der Waals surface area contributed by atoms with Gasteiger partial charge >= 0.3 is 51.4 Å². The number of nitrogens with zero attached hydrogens (tertiary/aromatic N) is 2. The number of ether oxygens (including phenoxy) is 1. The van der Waals surface area contributed by atoms with Gasteiger partial charge in [-0.1, -0.05) is 0 Å². The summed E-state index contributed by atoms with van der Waals surface area (Å²) in [5.41, 5.74) is 0. The topological polar surface area (TPSA) is 26.6 Å². The van der Waals surface area contributed by atoms with Crippen molar-refractivity contribution < 1.29 is 56.1 Å².